The molecule has 0 aliphatic carbocycles. The summed E-state index contributed by atoms with van der Waals surface area (Å²) in [6, 6.07) is 14.3. The fourth-order valence-corrected chi connectivity index (χ4v) is 3.94. The monoisotopic (exact) mass is 395 g/mol. The molecule has 0 bridgehead atoms. The molecular weight excluding hydrogens is 369 g/mol. The summed E-state index contributed by atoms with van der Waals surface area (Å²) in [4.78, 5) is 19.2. The Morgan fingerprint density at radius 3 is 2.79 bits per heavy atom. The van der Waals surface area contributed by atoms with Crippen molar-refractivity contribution in [2.24, 2.45) is 0 Å². The van der Waals surface area contributed by atoms with Crippen molar-refractivity contribution in [1.82, 2.24) is 15.2 Å². The Labute approximate surface area is 169 Å². The predicted molar refractivity (Wildman–Crippen MR) is 110 cm³/mol. The first kappa shape index (κ1) is 19.4. The smallest absolute Gasteiger partial charge is 0.317 e. The molecule has 0 spiro atoms. The van der Waals surface area contributed by atoms with Crippen LogP contribution in [0.15, 0.2) is 52.9 Å². The van der Waals surface area contributed by atoms with E-state index in [4.69, 9.17) is 4.42 Å². The van der Waals surface area contributed by atoms with E-state index in [-0.39, 0.29) is 17.8 Å². The van der Waals surface area contributed by atoms with Crippen LogP contribution in [-0.4, -0.2) is 35.5 Å². The highest BCUT2D eigenvalue weighted by atomic mass is 19.1. The van der Waals surface area contributed by atoms with Crippen LogP contribution >= 0.6 is 0 Å². The van der Waals surface area contributed by atoms with Gasteiger partial charge in [0.15, 0.2) is 11.5 Å². The number of halogens is 1. The number of para-hydroxylation sites is 2. The molecule has 152 valence electrons. The van der Waals surface area contributed by atoms with Crippen molar-refractivity contribution in [3.05, 3.63) is 65.8 Å². The van der Waals surface area contributed by atoms with Crippen LogP contribution in [0.1, 0.15) is 44.1 Å². The van der Waals surface area contributed by atoms with Crippen LogP contribution in [0, 0.1) is 5.82 Å². The number of benzene rings is 2. The fraction of sp³-hybridized carbons (Fsp3) is 0.391. The SMILES string of the molecule is CC(C)(CNC(=O)N1CCCC(c2nc3ccccc3o2)C1)c1ccccc1F. The van der Waals surface area contributed by atoms with Gasteiger partial charge in [-0.05, 0) is 36.6 Å². The van der Waals surface area contributed by atoms with Gasteiger partial charge in [0, 0.05) is 25.0 Å². The minimum atomic E-state index is -0.503. The maximum atomic E-state index is 14.2. The maximum Gasteiger partial charge on any atom is 0.317 e. The maximum absolute atomic E-state index is 14.2. The van der Waals surface area contributed by atoms with Crippen LogP contribution in [0.3, 0.4) is 0 Å². The number of hydrogen-bond donors (Lipinski definition) is 1. The predicted octanol–water partition coefficient (Wildman–Crippen LogP) is 4.83. The number of oxazole rings is 1. The Balaban J connectivity index is 1.40. The van der Waals surface area contributed by atoms with E-state index in [0.29, 0.717) is 31.1 Å². The second kappa shape index (κ2) is 7.85. The van der Waals surface area contributed by atoms with Crippen molar-refractivity contribution in [2.45, 2.75) is 38.0 Å². The average Bonchev–Trinajstić information content (AvgIpc) is 3.17. The fourth-order valence-electron chi connectivity index (χ4n) is 3.94. The summed E-state index contributed by atoms with van der Waals surface area (Å²) in [7, 11) is 0. The Kier molecular flexibility index (Phi) is 5.26. The van der Waals surface area contributed by atoms with Crippen LogP contribution in [0.2, 0.25) is 0 Å². The van der Waals surface area contributed by atoms with Gasteiger partial charge >= 0.3 is 6.03 Å². The average molecular weight is 395 g/mol. The summed E-state index contributed by atoms with van der Waals surface area (Å²) in [5.41, 5.74) is 1.71. The minimum absolute atomic E-state index is 0.0847. The molecule has 29 heavy (non-hydrogen) atoms. The zero-order valence-corrected chi connectivity index (χ0v) is 16.8. The number of nitrogens with one attached hydrogen (secondary N) is 1. The van der Waals surface area contributed by atoms with Gasteiger partial charge < -0.3 is 14.6 Å². The Hall–Kier alpha value is -2.89. The highest BCUT2D eigenvalue weighted by Crippen LogP contribution is 2.29. The van der Waals surface area contributed by atoms with Gasteiger partial charge in [-0.1, -0.05) is 44.2 Å². The second-order valence-electron chi connectivity index (χ2n) is 8.33. The van der Waals surface area contributed by atoms with Crippen molar-refractivity contribution in [1.29, 1.82) is 0 Å². The van der Waals surface area contributed by atoms with Crippen molar-refractivity contribution in [2.75, 3.05) is 19.6 Å². The lowest BCUT2D eigenvalue weighted by Gasteiger charge is -2.33. The summed E-state index contributed by atoms with van der Waals surface area (Å²) in [6.45, 7) is 5.49. The molecule has 1 N–H and O–H groups in total. The van der Waals surface area contributed by atoms with Crippen LogP contribution in [-0.2, 0) is 5.41 Å². The molecule has 1 aliphatic heterocycles. The van der Waals surface area contributed by atoms with Gasteiger partial charge in [-0.2, -0.15) is 0 Å². The number of amides is 2. The molecule has 1 saturated heterocycles. The van der Waals surface area contributed by atoms with E-state index < -0.39 is 5.41 Å². The summed E-state index contributed by atoms with van der Waals surface area (Å²) in [6.07, 6.45) is 1.84. The molecule has 1 aliphatic rings. The first-order valence-corrected chi connectivity index (χ1v) is 10.1. The number of carbonyl (C=O) groups is 1. The number of urea groups is 1. The lowest BCUT2D eigenvalue weighted by atomic mass is 9.84. The number of fused-ring (bicyclic) bond motifs is 1. The standard InChI is InChI=1S/C23H26FN3O2/c1-23(2,17-9-3-4-10-18(17)24)15-25-22(28)27-13-7-8-16(14-27)21-26-19-11-5-6-12-20(19)29-21/h3-6,9-12,16H,7-8,13-15H2,1-2H3,(H,25,28). The molecule has 6 heteroatoms. The number of aromatic nitrogens is 1. The quantitative estimate of drug-likeness (QED) is 0.688. The Morgan fingerprint density at radius 2 is 2.00 bits per heavy atom. The molecule has 4 rings (SSSR count). The molecule has 1 fully saturated rings. The lowest BCUT2D eigenvalue weighted by Crippen LogP contribution is -2.48. The van der Waals surface area contributed by atoms with Gasteiger partial charge in [0.2, 0.25) is 0 Å². The van der Waals surface area contributed by atoms with Crippen LogP contribution in [0.25, 0.3) is 11.1 Å². The highest BCUT2D eigenvalue weighted by molar-refractivity contribution is 5.75. The normalized spacial score (nSPS) is 17.5. The van der Waals surface area contributed by atoms with Gasteiger partial charge in [-0.3, -0.25) is 0 Å². The summed E-state index contributed by atoms with van der Waals surface area (Å²) in [5, 5.41) is 2.99. The number of likely N-dealkylation sites (tertiary alicyclic amines) is 1. The van der Waals surface area contributed by atoms with Gasteiger partial charge in [-0.15, -0.1) is 0 Å². The van der Waals surface area contributed by atoms with Gasteiger partial charge in [-0.25, -0.2) is 14.2 Å². The first-order chi connectivity index (χ1) is 13.9. The van der Waals surface area contributed by atoms with Crippen molar-refractivity contribution in [3.8, 4) is 0 Å². The molecule has 3 aromatic rings. The Bertz CT molecular complexity index is 981. The zero-order chi connectivity index (χ0) is 20.4. The largest absolute Gasteiger partial charge is 0.440 e. The van der Waals surface area contributed by atoms with Gasteiger partial charge in [0.05, 0.1) is 5.92 Å². The Morgan fingerprint density at radius 1 is 1.24 bits per heavy atom. The van der Waals surface area contributed by atoms with Gasteiger partial charge in [0.25, 0.3) is 0 Å². The van der Waals surface area contributed by atoms with E-state index in [2.05, 4.69) is 10.3 Å². The molecule has 0 radical (unpaired) electrons. The van der Waals surface area contributed by atoms with E-state index in [1.54, 1.807) is 17.0 Å². The van der Waals surface area contributed by atoms with E-state index in [1.165, 1.54) is 6.07 Å². The van der Waals surface area contributed by atoms with Crippen molar-refractivity contribution < 1.29 is 13.6 Å². The molecule has 1 aromatic heterocycles. The minimum Gasteiger partial charge on any atom is -0.440 e. The summed E-state index contributed by atoms with van der Waals surface area (Å²) < 4.78 is 20.1. The number of nitrogens with zero attached hydrogens (tertiary/aromatic N) is 2. The summed E-state index contributed by atoms with van der Waals surface area (Å²) >= 11 is 0. The second-order valence-corrected chi connectivity index (χ2v) is 8.33. The van der Waals surface area contributed by atoms with E-state index in [1.807, 2.05) is 44.2 Å². The molecule has 0 saturated carbocycles. The third-order valence-corrected chi connectivity index (χ3v) is 5.65. The number of hydrogen-bond acceptors (Lipinski definition) is 3. The molecule has 2 heterocycles. The molecular formula is C23H26FN3O2. The van der Waals surface area contributed by atoms with Crippen molar-refractivity contribution in [3.63, 3.8) is 0 Å². The van der Waals surface area contributed by atoms with Crippen molar-refractivity contribution >= 4 is 17.1 Å². The third-order valence-electron chi connectivity index (χ3n) is 5.65. The highest BCUT2D eigenvalue weighted by Gasteiger charge is 2.30. The molecule has 1 atom stereocenters. The van der Waals surface area contributed by atoms with Crippen LogP contribution < -0.4 is 5.32 Å². The van der Waals surface area contributed by atoms with Crippen LogP contribution in [0.4, 0.5) is 9.18 Å². The van der Waals surface area contributed by atoms with Crippen LogP contribution in [0.5, 0.6) is 0 Å². The number of carbonyl (C=O) groups excluding carboxylic acids is 1. The topological polar surface area (TPSA) is 58.4 Å². The third kappa shape index (κ3) is 4.11. The van der Waals surface area contributed by atoms with E-state index in [0.717, 1.165) is 23.9 Å². The molecule has 2 amide bonds. The lowest BCUT2D eigenvalue weighted by molar-refractivity contribution is 0.173. The van der Waals surface area contributed by atoms with E-state index >= 15 is 0 Å². The van der Waals surface area contributed by atoms with E-state index in [9.17, 15) is 9.18 Å². The number of piperidine rings is 1. The zero-order valence-electron chi connectivity index (χ0n) is 16.8. The first-order valence-electron chi connectivity index (χ1n) is 10.1. The number of rotatable bonds is 4. The molecule has 1 unspecified atom stereocenters. The molecule has 5 nitrogen and oxygen atoms in total. The summed E-state index contributed by atoms with van der Waals surface area (Å²) in [5.74, 6) is 0.526. The molecule has 2 aromatic carbocycles. The van der Waals surface area contributed by atoms with Gasteiger partial charge in [0.1, 0.15) is 11.3 Å².